The lowest BCUT2D eigenvalue weighted by Crippen LogP contribution is -2.26. The maximum Gasteiger partial charge on any atom is 0.240 e. The van der Waals surface area contributed by atoms with Crippen molar-refractivity contribution in [3.05, 3.63) is 76.3 Å². The Morgan fingerprint density at radius 3 is 2.69 bits per heavy atom. The molecular weight excluding hydrogens is 373 g/mol. The van der Waals surface area contributed by atoms with Crippen LogP contribution in [0.4, 0.5) is 0 Å². The van der Waals surface area contributed by atoms with Crippen LogP contribution in [0, 0.1) is 6.92 Å². The minimum absolute atomic E-state index is 0.0751. The summed E-state index contributed by atoms with van der Waals surface area (Å²) in [5, 5.41) is 3.89. The number of carbonyl (C=O) groups is 1. The molecule has 0 spiro atoms. The number of nitrogens with one attached hydrogen (secondary N) is 1. The monoisotopic (exact) mass is 389 g/mol. The number of carbonyl (C=O) groups excluding carboxylic acids is 1. The lowest BCUT2D eigenvalue weighted by atomic mass is 10.1. The molecule has 134 valence electrons. The molecule has 1 aromatic heterocycles. The van der Waals surface area contributed by atoms with E-state index in [1.807, 2.05) is 25.1 Å². The van der Waals surface area contributed by atoms with Crippen LogP contribution in [0.25, 0.3) is 0 Å². The number of hydrogen-bond donors (Lipinski definition) is 1. The normalized spacial score (nSPS) is 10.6. The summed E-state index contributed by atoms with van der Waals surface area (Å²) in [5.74, 6) is 1.16. The van der Waals surface area contributed by atoms with Crippen LogP contribution < -0.4 is 10.1 Å². The van der Waals surface area contributed by atoms with E-state index in [1.54, 1.807) is 41.5 Å². The quantitative estimate of drug-likeness (QED) is 0.669. The highest BCUT2D eigenvalue weighted by molar-refractivity contribution is 6.35. The molecule has 0 unspecified atom stereocenters. The predicted octanol–water partition coefficient (Wildman–Crippen LogP) is 4.61. The summed E-state index contributed by atoms with van der Waals surface area (Å²) in [6.07, 6.45) is 5.00. The molecule has 0 saturated carbocycles. The molecule has 3 aromatic rings. The second kappa shape index (κ2) is 8.25. The van der Waals surface area contributed by atoms with Gasteiger partial charge in [0.15, 0.2) is 0 Å². The molecule has 0 aliphatic carbocycles. The van der Waals surface area contributed by atoms with Crippen LogP contribution in [-0.2, 0) is 17.9 Å². The number of imidazole rings is 1. The molecule has 3 rings (SSSR count). The van der Waals surface area contributed by atoms with Crippen molar-refractivity contribution in [2.45, 2.75) is 20.0 Å². The second-order valence-corrected chi connectivity index (χ2v) is 6.63. The van der Waals surface area contributed by atoms with Gasteiger partial charge in [0.1, 0.15) is 18.0 Å². The number of amides is 1. The molecule has 0 bridgehead atoms. The van der Waals surface area contributed by atoms with Gasteiger partial charge in [-0.1, -0.05) is 35.3 Å². The van der Waals surface area contributed by atoms with Gasteiger partial charge in [-0.05, 0) is 42.3 Å². The number of aryl methyl sites for hydroxylation is 1. The Bertz CT molecular complexity index is 911. The third-order valence-corrected chi connectivity index (χ3v) is 4.26. The maximum absolute atomic E-state index is 11.9. The Hall–Kier alpha value is -2.50. The fourth-order valence-electron chi connectivity index (χ4n) is 2.42. The fraction of sp³-hybridized carbons (Fsp3) is 0.158. The smallest absolute Gasteiger partial charge is 0.240 e. The number of aromatic nitrogens is 2. The molecule has 0 aliphatic heterocycles. The van der Waals surface area contributed by atoms with Gasteiger partial charge >= 0.3 is 0 Å². The zero-order chi connectivity index (χ0) is 18.5. The number of rotatable bonds is 6. The molecule has 0 fully saturated rings. The van der Waals surface area contributed by atoms with Crippen LogP contribution in [0.3, 0.4) is 0 Å². The largest absolute Gasteiger partial charge is 0.456 e. The van der Waals surface area contributed by atoms with Crippen molar-refractivity contribution in [1.82, 2.24) is 14.9 Å². The van der Waals surface area contributed by atoms with Gasteiger partial charge in [-0.25, -0.2) is 4.98 Å². The van der Waals surface area contributed by atoms with Crippen molar-refractivity contribution in [2.75, 3.05) is 0 Å². The zero-order valence-electron chi connectivity index (χ0n) is 14.1. The van der Waals surface area contributed by atoms with Crippen LogP contribution >= 0.6 is 23.2 Å². The first-order valence-corrected chi connectivity index (χ1v) is 8.72. The van der Waals surface area contributed by atoms with E-state index in [-0.39, 0.29) is 12.5 Å². The molecule has 0 aliphatic rings. The standard InChI is InChI=1S/C19H17Cl2N3O2/c1-13-8-14(10-23-19(25)11-24-7-6-22-12-24)2-4-17(13)26-18-5-3-15(20)9-16(18)21/h2-9,12H,10-11H2,1H3,(H,23,25). The maximum atomic E-state index is 11.9. The topological polar surface area (TPSA) is 56.2 Å². The van der Waals surface area contributed by atoms with Crippen molar-refractivity contribution >= 4 is 29.1 Å². The third kappa shape index (κ3) is 4.77. The minimum atomic E-state index is -0.0751. The summed E-state index contributed by atoms with van der Waals surface area (Å²) in [7, 11) is 0. The summed E-state index contributed by atoms with van der Waals surface area (Å²) in [6.45, 7) is 2.63. The average Bonchev–Trinajstić information content (AvgIpc) is 3.10. The van der Waals surface area contributed by atoms with Gasteiger partial charge in [0, 0.05) is 24.0 Å². The van der Waals surface area contributed by atoms with Crippen LogP contribution in [0.15, 0.2) is 55.1 Å². The fourth-order valence-corrected chi connectivity index (χ4v) is 2.86. The molecule has 26 heavy (non-hydrogen) atoms. The molecule has 1 N–H and O–H groups in total. The summed E-state index contributed by atoms with van der Waals surface area (Å²) in [4.78, 5) is 15.8. The Kier molecular flexibility index (Phi) is 5.81. The Morgan fingerprint density at radius 1 is 1.19 bits per heavy atom. The molecule has 7 heteroatoms. The van der Waals surface area contributed by atoms with Crippen molar-refractivity contribution in [3.63, 3.8) is 0 Å². The number of ether oxygens (including phenoxy) is 1. The zero-order valence-corrected chi connectivity index (χ0v) is 15.6. The first-order chi connectivity index (χ1) is 12.5. The highest BCUT2D eigenvalue weighted by Gasteiger charge is 2.08. The number of hydrogen-bond acceptors (Lipinski definition) is 3. The van der Waals surface area contributed by atoms with Gasteiger partial charge in [0.25, 0.3) is 0 Å². The predicted molar refractivity (Wildman–Crippen MR) is 102 cm³/mol. The summed E-state index contributed by atoms with van der Waals surface area (Å²) >= 11 is 12.0. The van der Waals surface area contributed by atoms with Crippen LogP contribution in [-0.4, -0.2) is 15.5 Å². The molecule has 1 amide bonds. The highest BCUT2D eigenvalue weighted by Crippen LogP contribution is 2.33. The Morgan fingerprint density at radius 2 is 2.00 bits per heavy atom. The van der Waals surface area contributed by atoms with Gasteiger partial charge < -0.3 is 14.6 Å². The number of halogens is 2. The van der Waals surface area contributed by atoms with Gasteiger partial charge in [-0.3, -0.25) is 4.79 Å². The Balaban J connectivity index is 1.61. The van der Waals surface area contributed by atoms with Crippen LogP contribution in [0.2, 0.25) is 10.0 Å². The van der Waals surface area contributed by atoms with Gasteiger partial charge in [-0.15, -0.1) is 0 Å². The van der Waals surface area contributed by atoms with Crippen LogP contribution in [0.1, 0.15) is 11.1 Å². The lowest BCUT2D eigenvalue weighted by molar-refractivity contribution is -0.121. The van der Waals surface area contributed by atoms with Crippen LogP contribution in [0.5, 0.6) is 11.5 Å². The van der Waals surface area contributed by atoms with E-state index >= 15 is 0 Å². The van der Waals surface area contributed by atoms with Crippen molar-refractivity contribution in [1.29, 1.82) is 0 Å². The van der Waals surface area contributed by atoms with Crippen molar-refractivity contribution in [3.8, 4) is 11.5 Å². The third-order valence-electron chi connectivity index (χ3n) is 3.73. The van der Waals surface area contributed by atoms with E-state index in [4.69, 9.17) is 27.9 Å². The van der Waals surface area contributed by atoms with E-state index in [1.165, 1.54) is 0 Å². The number of benzene rings is 2. The van der Waals surface area contributed by atoms with E-state index in [9.17, 15) is 4.79 Å². The number of nitrogens with zero attached hydrogens (tertiary/aromatic N) is 2. The summed E-state index contributed by atoms with van der Waals surface area (Å²) in [6, 6.07) is 10.8. The molecule has 0 radical (unpaired) electrons. The van der Waals surface area contributed by atoms with Crippen molar-refractivity contribution in [2.24, 2.45) is 0 Å². The van der Waals surface area contributed by atoms with E-state index in [0.29, 0.717) is 28.1 Å². The minimum Gasteiger partial charge on any atom is -0.456 e. The highest BCUT2D eigenvalue weighted by atomic mass is 35.5. The van der Waals surface area contributed by atoms with E-state index in [0.717, 1.165) is 11.1 Å². The van der Waals surface area contributed by atoms with Crippen molar-refractivity contribution < 1.29 is 9.53 Å². The van der Waals surface area contributed by atoms with Gasteiger partial charge in [0.05, 0.1) is 11.3 Å². The lowest BCUT2D eigenvalue weighted by Gasteiger charge is -2.12. The van der Waals surface area contributed by atoms with Gasteiger partial charge in [0.2, 0.25) is 5.91 Å². The second-order valence-electron chi connectivity index (χ2n) is 5.79. The first kappa shape index (κ1) is 18.3. The average molecular weight is 390 g/mol. The molecule has 5 nitrogen and oxygen atoms in total. The molecule has 0 saturated heterocycles. The summed E-state index contributed by atoms with van der Waals surface area (Å²) < 4.78 is 7.57. The molecular formula is C19H17Cl2N3O2. The first-order valence-electron chi connectivity index (χ1n) is 7.96. The molecule has 0 atom stereocenters. The van der Waals surface area contributed by atoms with E-state index in [2.05, 4.69) is 10.3 Å². The molecule has 2 aromatic carbocycles. The molecule has 1 heterocycles. The summed E-state index contributed by atoms with van der Waals surface area (Å²) in [5.41, 5.74) is 1.92. The van der Waals surface area contributed by atoms with E-state index < -0.39 is 0 Å². The Labute approximate surface area is 161 Å². The van der Waals surface area contributed by atoms with Gasteiger partial charge in [-0.2, -0.15) is 0 Å². The SMILES string of the molecule is Cc1cc(CNC(=O)Cn2ccnc2)ccc1Oc1ccc(Cl)cc1Cl.